The highest BCUT2D eigenvalue weighted by Gasteiger charge is 2.03. The van der Waals surface area contributed by atoms with Crippen molar-refractivity contribution in [2.24, 2.45) is 0 Å². The Labute approximate surface area is 119 Å². The lowest BCUT2D eigenvalue weighted by Gasteiger charge is -2.17. The predicted octanol–water partition coefficient (Wildman–Crippen LogP) is 2.90. The van der Waals surface area contributed by atoms with Crippen LogP contribution in [0, 0.1) is 0 Å². The Morgan fingerprint density at radius 3 is 2.75 bits per heavy atom. The van der Waals surface area contributed by atoms with E-state index in [1.807, 2.05) is 6.07 Å². The summed E-state index contributed by atoms with van der Waals surface area (Å²) >= 11 is 0. The third-order valence-corrected chi connectivity index (χ3v) is 3.41. The van der Waals surface area contributed by atoms with Gasteiger partial charge in [0, 0.05) is 12.6 Å². The van der Waals surface area contributed by atoms with Crippen molar-refractivity contribution in [3.8, 4) is 5.75 Å². The van der Waals surface area contributed by atoms with Gasteiger partial charge in [0.05, 0.1) is 18.3 Å². The summed E-state index contributed by atoms with van der Waals surface area (Å²) in [4.78, 5) is 14.1. The number of ether oxygens (including phenoxy) is 1. The smallest absolute Gasteiger partial charge is 0.192 e. The first-order valence-corrected chi connectivity index (χ1v) is 7.11. The van der Waals surface area contributed by atoms with Crippen LogP contribution in [0.4, 0.5) is 0 Å². The maximum Gasteiger partial charge on any atom is 0.192 e. The van der Waals surface area contributed by atoms with Crippen LogP contribution < -0.4 is 10.2 Å². The molecular formula is C16H21NO3. The monoisotopic (exact) mass is 275 g/mol. The molecule has 0 aliphatic carbocycles. The van der Waals surface area contributed by atoms with E-state index in [-0.39, 0.29) is 5.43 Å². The Bertz CT molecular complexity index is 602. The number of nitrogens with zero attached hydrogens (tertiary/aromatic N) is 1. The summed E-state index contributed by atoms with van der Waals surface area (Å²) in [5.74, 6) is 0.718. The van der Waals surface area contributed by atoms with E-state index >= 15 is 0 Å². The van der Waals surface area contributed by atoms with E-state index in [4.69, 9.17) is 9.15 Å². The zero-order valence-corrected chi connectivity index (χ0v) is 12.1. The van der Waals surface area contributed by atoms with E-state index in [0.717, 1.165) is 31.8 Å². The van der Waals surface area contributed by atoms with E-state index in [1.165, 1.54) is 12.3 Å². The second kappa shape index (κ2) is 7.10. The van der Waals surface area contributed by atoms with Gasteiger partial charge in [0.25, 0.3) is 0 Å². The van der Waals surface area contributed by atoms with Crippen LogP contribution in [0.5, 0.6) is 5.75 Å². The quantitative estimate of drug-likeness (QED) is 0.729. The van der Waals surface area contributed by atoms with Gasteiger partial charge < -0.3 is 14.1 Å². The van der Waals surface area contributed by atoms with Crippen LogP contribution in [-0.2, 0) is 0 Å². The molecular weight excluding hydrogens is 254 g/mol. The van der Waals surface area contributed by atoms with E-state index in [9.17, 15) is 4.79 Å². The summed E-state index contributed by atoms with van der Waals surface area (Å²) in [5.41, 5.74) is 0.549. The average Bonchev–Trinajstić information content (AvgIpc) is 2.48. The summed E-state index contributed by atoms with van der Waals surface area (Å²) in [6.45, 7) is 8.13. The van der Waals surface area contributed by atoms with E-state index < -0.39 is 0 Å². The predicted molar refractivity (Wildman–Crippen MR) is 80.4 cm³/mol. The topological polar surface area (TPSA) is 42.7 Å². The van der Waals surface area contributed by atoms with Crippen molar-refractivity contribution in [1.29, 1.82) is 0 Å². The molecule has 0 amide bonds. The highest BCUT2D eigenvalue weighted by molar-refractivity contribution is 5.77. The van der Waals surface area contributed by atoms with Crippen LogP contribution in [0.15, 0.2) is 39.7 Å². The van der Waals surface area contributed by atoms with Crippen molar-refractivity contribution >= 4 is 11.0 Å². The van der Waals surface area contributed by atoms with Crippen molar-refractivity contribution in [3.05, 3.63) is 40.8 Å². The highest BCUT2D eigenvalue weighted by atomic mass is 16.5. The normalized spacial score (nSPS) is 11.2. The molecule has 4 nitrogen and oxygen atoms in total. The zero-order valence-electron chi connectivity index (χ0n) is 12.1. The molecule has 0 spiro atoms. The summed E-state index contributed by atoms with van der Waals surface area (Å²) in [6.07, 6.45) is 2.39. The SMILES string of the molecule is CCN(CC)CCCOc1ccc2occc(=O)c2c1. The molecule has 0 radical (unpaired) electrons. The third-order valence-electron chi connectivity index (χ3n) is 3.41. The standard InChI is InChI=1S/C16H21NO3/c1-3-17(4-2)9-5-10-19-13-6-7-16-14(12-13)15(18)8-11-20-16/h6-8,11-12H,3-5,9-10H2,1-2H3. The fourth-order valence-corrected chi connectivity index (χ4v) is 2.17. The van der Waals surface area contributed by atoms with E-state index in [2.05, 4.69) is 18.7 Å². The Morgan fingerprint density at radius 1 is 1.20 bits per heavy atom. The molecule has 0 aliphatic heterocycles. The number of fused-ring (bicyclic) bond motifs is 1. The van der Waals surface area contributed by atoms with E-state index in [0.29, 0.717) is 17.6 Å². The first kappa shape index (κ1) is 14.6. The molecule has 2 rings (SSSR count). The number of hydrogen-bond acceptors (Lipinski definition) is 4. The first-order chi connectivity index (χ1) is 9.74. The molecule has 1 aromatic carbocycles. The van der Waals surface area contributed by atoms with Gasteiger partial charge in [0.15, 0.2) is 5.43 Å². The van der Waals surface area contributed by atoms with Crippen molar-refractivity contribution in [2.75, 3.05) is 26.2 Å². The average molecular weight is 275 g/mol. The van der Waals surface area contributed by atoms with Crippen molar-refractivity contribution < 1.29 is 9.15 Å². The largest absolute Gasteiger partial charge is 0.494 e. The summed E-state index contributed by atoms with van der Waals surface area (Å²) < 4.78 is 11.0. The molecule has 0 aliphatic rings. The Balaban J connectivity index is 1.94. The molecule has 0 fully saturated rings. The van der Waals surface area contributed by atoms with Crippen LogP contribution >= 0.6 is 0 Å². The highest BCUT2D eigenvalue weighted by Crippen LogP contribution is 2.18. The molecule has 2 aromatic rings. The fourth-order valence-electron chi connectivity index (χ4n) is 2.17. The van der Waals surface area contributed by atoms with Crippen LogP contribution in [-0.4, -0.2) is 31.1 Å². The lowest BCUT2D eigenvalue weighted by atomic mass is 10.2. The van der Waals surface area contributed by atoms with Gasteiger partial charge >= 0.3 is 0 Å². The van der Waals surface area contributed by atoms with Crippen molar-refractivity contribution in [3.63, 3.8) is 0 Å². The maximum atomic E-state index is 11.7. The molecule has 0 saturated heterocycles. The van der Waals surface area contributed by atoms with Crippen molar-refractivity contribution in [2.45, 2.75) is 20.3 Å². The van der Waals surface area contributed by atoms with E-state index in [1.54, 1.807) is 12.1 Å². The number of benzene rings is 1. The molecule has 0 N–H and O–H groups in total. The third kappa shape index (κ3) is 3.61. The second-order valence-electron chi connectivity index (χ2n) is 4.67. The van der Waals surface area contributed by atoms with Gasteiger partial charge in [-0.15, -0.1) is 0 Å². The summed E-state index contributed by atoms with van der Waals surface area (Å²) in [6, 6.07) is 6.78. The minimum absolute atomic E-state index is 0.0418. The number of rotatable bonds is 7. The van der Waals surface area contributed by atoms with Crippen molar-refractivity contribution in [1.82, 2.24) is 4.90 Å². The van der Waals surface area contributed by atoms with Gasteiger partial charge in [-0.2, -0.15) is 0 Å². The lowest BCUT2D eigenvalue weighted by molar-refractivity contribution is 0.249. The first-order valence-electron chi connectivity index (χ1n) is 7.11. The fraction of sp³-hybridized carbons (Fsp3) is 0.438. The van der Waals surface area contributed by atoms with Crippen LogP contribution in [0.1, 0.15) is 20.3 Å². The summed E-state index contributed by atoms with van der Waals surface area (Å²) in [5, 5.41) is 0.564. The van der Waals surface area contributed by atoms with Gasteiger partial charge in [0.2, 0.25) is 0 Å². The molecule has 0 bridgehead atoms. The number of hydrogen-bond donors (Lipinski definition) is 0. The molecule has 20 heavy (non-hydrogen) atoms. The summed E-state index contributed by atoms with van der Waals surface area (Å²) in [7, 11) is 0. The Morgan fingerprint density at radius 2 is 2.00 bits per heavy atom. The van der Waals surface area contributed by atoms with Gasteiger partial charge in [-0.25, -0.2) is 0 Å². The minimum atomic E-state index is -0.0418. The molecule has 0 saturated carbocycles. The van der Waals surface area contributed by atoms with Gasteiger partial charge in [0.1, 0.15) is 11.3 Å². The Kier molecular flexibility index (Phi) is 5.18. The lowest BCUT2D eigenvalue weighted by Crippen LogP contribution is -2.25. The molecule has 0 atom stereocenters. The Hall–Kier alpha value is -1.81. The molecule has 1 heterocycles. The minimum Gasteiger partial charge on any atom is -0.494 e. The van der Waals surface area contributed by atoms with Gasteiger partial charge in [-0.1, -0.05) is 13.8 Å². The molecule has 1 aromatic heterocycles. The van der Waals surface area contributed by atoms with Gasteiger partial charge in [-0.05, 0) is 37.7 Å². The second-order valence-corrected chi connectivity index (χ2v) is 4.67. The van der Waals surface area contributed by atoms with Crippen LogP contribution in [0.3, 0.4) is 0 Å². The van der Waals surface area contributed by atoms with Crippen LogP contribution in [0.2, 0.25) is 0 Å². The molecule has 4 heteroatoms. The maximum absolute atomic E-state index is 11.7. The molecule has 108 valence electrons. The van der Waals surface area contributed by atoms with Gasteiger partial charge in [-0.3, -0.25) is 4.79 Å². The zero-order chi connectivity index (χ0) is 14.4. The van der Waals surface area contributed by atoms with Crippen LogP contribution in [0.25, 0.3) is 11.0 Å². The molecule has 0 unspecified atom stereocenters.